The van der Waals surface area contributed by atoms with Gasteiger partial charge in [-0.1, -0.05) is 36.4 Å². The third-order valence-corrected chi connectivity index (χ3v) is 8.66. The SMILES string of the molecule is CC(=O)OC[C@@H]1O[C@H](O)[C@@H](O[C@H]2O[C@H](COC(C)=O)[C@@H](OC(C)=O)[C@H](OC(N)=O)[C@@H]2OC(C)=O)[C@@H](OC(C)=O)[C@@H]1OC(C)=O.O=P(O)(Oc1ccccc1)Oc1ccccc1. The fourth-order valence-electron chi connectivity index (χ4n) is 5.68. The molecule has 2 aromatic rings. The third kappa shape index (κ3) is 16.6. The first kappa shape index (κ1) is 49.5. The topological polar surface area (TPSA) is 314 Å². The molecule has 0 radical (unpaired) electrons. The molecule has 2 aromatic carbocycles. The van der Waals surface area contributed by atoms with E-state index in [-0.39, 0.29) is 11.5 Å². The Morgan fingerprint density at radius 2 is 0.934 bits per heavy atom. The molecule has 1 amide bonds. The van der Waals surface area contributed by atoms with E-state index in [1.807, 2.05) is 0 Å². The highest BCUT2D eigenvalue weighted by Crippen LogP contribution is 2.44. The number of amides is 1. The number of phosphoric acid groups is 1. The van der Waals surface area contributed by atoms with Crippen molar-refractivity contribution in [1.29, 1.82) is 0 Å². The number of benzene rings is 2. The van der Waals surface area contributed by atoms with Gasteiger partial charge in [-0.25, -0.2) is 9.36 Å². The number of hydrogen-bond acceptors (Lipinski definition) is 21. The second-order valence-electron chi connectivity index (χ2n) is 12.8. The van der Waals surface area contributed by atoms with Crippen molar-refractivity contribution in [2.24, 2.45) is 5.73 Å². The van der Waals surface area contributed by atoms with Crippen molar-refractivity contribution in [3.05, 3.63) is 60.7 Å². The Kier molecular flexibility index (Phi) is 18.9. The lowest BCUT2D eigenvalue weighted by Crippen LogP contribution is -2.67. The van der Waals surface area contributed by atoms with E-state index in [2.05, 4.69) is 0 Å². The summed E-state index contributed by atoms with van der Waals surface area (Å²) in [7, 11) is -4.14. The van der Waals surface area contributed by atoms with Gasteiger partial charge in [-0.05, 0) is 24.3 Å². The number of aliphatic hydroxyl groups excluding tert-OH is 1. The van der Waals surface area contributed by atoms with Gasteiger partial charge in [0.1, 0.15) is 36.9 Å². The minimum Gasteiger partial charge on any atom is -0.463 e. The zero-order valence-electron chi connectivity index (χ0n) is 33.5. The number of carbonyl (C=O) groups is 7. The average molecular weight is 888 g/mol. The molecule has 61 heavy (non-hydrogen) atoms. The van der Waals surface area contributed by atoms with Gasteiger partial charge >= 0.3 is 49.7 Å². The molecule has 10 atom stereocenters. The first-order valence-electron chi connectivity index (χ1n) is 18.0. The van der Waals surface area contributed by atoms with Crippen LogP contribution in [0.3, 0.4) is 0 Å². The van der Waals surface area contributed by atoms with Crippen molar-refractivity contribution in [3.8, 4) is 11.5 Å². The summed E-state index contributed by atoms with van der Waals surface area (Å²) in [4.78, 5) is 92.5. The van der Waals surface area contributed by atoms with Crippen LogP contribution < -0.4 is 14.8 Å². The Labute approximate surface area is 348 Å². The smallest absolute Gasteiger partial charge is 0.463 e. The van der Waals surface area contributed by atoms with Crippen LogP contribution in [0.15, 0.2) is 60.7 Å². The second-order valence-corrected chi connectivity index (χ2v) is 14.1. The van der Waals surface area contributed by atoms with Crippen LogP contribution in [0.5, 0.6) is 11.5 Å². The van der Waals surface area contributed by atoms with Crippen molar-refractivity contribution in [3.63, 3.8) is 0 Å². The van der Waals surface area contributed by atoms with Crippen LogP contribution in [0, 0.1) is 0 Å². The summed E-state index contributed by atoms with van der Waals surface area (Å²) in [5, 5.41) is 10.9. The van der Waals surface area contributed by atoms with Crippen molar-refractivity contribution in [2.75, 3.05) is 13.2 Å². The first-order chi connectivity index (χ1) is 28.6. The molecule has 4 rings (SSSR count). The first-order valence-corrected chi connectivity index (χ1v) is 19.5. The van der Waals surface area contributed by atoms with E-state index in [0.717, 1.165) is 41.5 Å². The molecule has 2 fully saturated rings. The molecular weight excluding hydrogens is 841 g/mol. The van der Waals surface area contributed by atoms with Crippen LogP contribution in [0.4, 0.5) is 4.79 Å². The second kappa shape index (κ2) is 23.2. The summed E-state index contributed by atoms with van der Waals surface area (Å²) < 4.78 is 74.8. The largest absolute Gasteiger partial charge is 0.584 e. The predicted molar refractivity (Wildman–Crippen MR) is 198 cm³/mol. The van der Waals surface area contributed by atoms with E-state index in [1.165, 1.54) is 0 Å². The lowest BCUT2D eigenvalue weighted by Gasteiger charge is -2.47. The Balaban J connectivity index is 0.000000481. The quantitative estimate of drug-likeness (QED) is 0.129. The highest BCUT2D eigenvalue weighted by molar-refractivity contribution is 7.48. The third-order valence-electron chi connectivity index (χ3n) is 7.78. The molecule has 4 N–H and O–H groups in total. The van der Waals surface area contributed by atoms with E-state index in [0.29, 0.717) is 0 Å². The number of carbonyl (C=O) groups excluding carboxylic acids is 7. The minimum atomic E-state index is -4.14. The Morgan fingerprint density at radius 1 is 0.557 bits per heavy atom. The number of primary amides is 1. The average Bonchev–Trinajstić information content (AvgIpc) is 3.14. The zero-order chi connectivity index (χ0) is 45.4. The van der Waals surface area contributed by atoms with E-state index < -0.39 is 124 Å². The summed E-state index contributed by atoms with van der Waals surface area (Å²) in [6, 6.07) is 16.7. The van der Waals surface area contributed by atoms with E-state index in [4.69, 9.17) is 62.1 Å². The number of rotatable bonds is 15. The maximum Gasteiger partial charge on any atom is 0.584 e. The monoisotopic (exact) mass is 887 g/mol. The Morgan fingerprint density at radius 3 is 1.33 bits per heavy atom. The number of esters is 6. The normalized spacial score (nSPS) is 25.7. The molecule has 2 aliphatic heterocycles. The lowest BCUT2D eigenvalue weighted by atomic mass is 9.96. The van der Waals surface area contributed by atoms with Gasteiger partial charge in [-0.2, -0.15) is 0 Å². The standard InChI is InChI=1S/C25H35NO18.C12H11O4P/c1-9(27)35-7-15-17(37-11(3)29)19(39-13(5)31)21(23(33)41-15)43-24-22(40-14(6)32)20(44-25(26)34)18(38-12(4)30)16(42-24)8-36-10(2)28;13-17(14,15-11-7-3-1-4-8-11)16-12-9-5-2-6-10-12/h15-24,33H,7-8H2,1-6H3,(H2,26,34);1-10H,(H,13,14)/t15-,16+,17+,18+,19-,20-,21-,22-,23-,24+;/m0./s1. The summed E-state index contributed by atoms with van der Waals surface area (Å²) >= 11 is 0. The fraction of sp³-hybridized carbons (Fsp3) is 0.486. The van der Waals surface area contributed by atoms with Crippen LogP contribution >= 0.6 is 7.82 Å². The van der Waals surface area contributed by atoms with E-state index in [1.54, 1.807) is 60.7 Å². The van der Waals surface area contributed by atoms with Crippen molar-refractivity contribution in [2.45, 2.75) is 103 Å². The fourth-order valence-corrected chi connectivity index (χ4v) is 6.49. The molecule has 23 nitrogen and oxygen atoms in total. The molecule has 24 heteroatoms. The zero-order valence-corrected chi connectivity index (χ0v) is 34.4. The van der Waals surface area contributed by atoms with Crippen LogP contribution in [0.2, 0.25) is 0 Å². The number of nitrogens with two attached hydrogens (primary N) is 1. The van der Waals surface area contributed by atoms with E-state index >= 15 is 0 Å². The number of phosphoric ester groups is 1. The number of hydrogen-bond donors (Lipinski definition) is 3. The summed E-state index contributed by atoms with van der Waals surface area (Å²) in [5.41, 5.74) is 5.22. The molecule has 0 saturated carbocycles. The van der Waals surface area contributed by atoms with Crippen LogP contribution in [-0.4, -0.2) is 127 Å². The lowest BCUT2D eigenvalue weighted by molar-refractivity contribution is -0.362. The molecule has 2 heterocycles. The summed E-state index contributed by atoms with van der Waals surface area (Å²) in [6.45, 7) is 5.00. The van der Waals surface area contributed by atoms with Crippen LogP contribution in [0.1, 0.15) is 41.5 Å². The van der Waals surface area contributed by atoms with Gasteiger partial charge in [0.2, 0.25) is 0 Å². The Bertz CT molecular complexity index is 1820. The molecular formula is C37H46NO22P. The maximum atomic E-state index is 12.1. The van der Waals surface area contributed by atoms with Gasteiger partial charge < -0.3 is 67.3 Å². The summed E-state index contributed by atoms with van der Waals surface area (Å²) in [5.74, 6) is -4.64. The predicted octanol–water partition coefficient (Wildman–Crippen LogP) is 1.38. The van der Waals surface area contributed by atoms with Gasteiger partial charge in [0.15, 0.2) is 49.2 Å². The molecule has 0 bridgehead atoms. The molecule has 0 aromatic heterocycles. The van der Waals surface area contributed by atoms with Gasteiger partial charge in [0.25, 0.3) is 0 Å². The molecule has 2 aliphatic rings. The van der Waals surface area contributed by atoms with Crippen LogP contribution in [-0.2, 0) is 80.7 Å². The van der Waals surface area contributed by atoms with E-state index in [9.17, 15) is 48.1 Å². The van der Waals surface area contributed by atoms with Gasteiger partial charge in [-0.15, -0.1) is 0 Å². The molecule has 2 saturated heterocycles. The number of para-hydroxylation sites is 2. The Hall–Kier alpha value is -5.84. The van der Waals surface area contributed by atoms with Crippen molar-refractivity contribution in [1.82, 2.24) is 0 Å². The van der Waals surface area contributed by atoms with Crippen molar-refractivity contribution < 1.29 is 105 Å². The van der Waals surface area contributed by atoms with Crippen molar-refractivity contribution >= 4 is 49.7 Å². The molecule has 0 spiro atoms. The van der Waals surface area contributed by atoms with Crippen LogP contribution in [0.25, 0.3) is 0 Å². The molecule has 336 valence electrons. The number of ether oxygens (including phenoxy) is 10. The summed E-state index contributed by atoms with van der Waals surface area (Å²) in [6.07, 6.45) is -18.2. The highest BCUT2D eigenvalue weighted by atomic mass is 31.2. The molecule has 0 unspecified atom stereocenters. The van der Waals surface area contributed by atoms with Gasteiger partial charge in [0.05, 0.1) is 0 Å². The van der Waals surface area contributed by atoms with Gasteiger partial charge in [0, 0.05) is 41.5 Å². The van der Waals surface area contributed by atoms with Gasteiger partial charge in [-0.3, -0.25) is 33.7 Å². The number of aliphatic hydroxyl groups is 1. The maximum absolute atomic E-state index is 12.1. The highest BCUT2D eigenvalue weighted by Gasteiger charge is 2.57. The minimum absolute atomic E-state index is 0.286. The molecule has 0 aliphatic carbocycles.